The zero-order valence-corrected chi connectivity index (χ0v) is 19.1. The lowest BCUT2D eigenvalue weighted by molar-refractivity contribution is 0.164. The molecule has 0 aliphatic carbocycles. The number of hydrogen-bond donors (Lipinski definition) is 1. The van der Waals surface area contributed by atoms with Gasteiger partial charge in [-0.3, -0.25) is 0 Å². The molecule has 8 nitrogen and oxygen atoms in total. The molecule has 0 bridgehead atoms. The molecule has 2 saturated heterocycles. The molecule has 5 rings (SSSR count). The summed E-state index contributed by atoms with van der Waals surface area (Å²) in [6, 6.07) is 4.89. The van der Waals surface area contributed by atoms with E-state index in [1.807, 2.05) is 18.0 Å². The van der Waals surface area contributed by atoms with Gasteiger partial charge in [-0.1, -0.05) is 0 Å². The van der Waals surface area contributed by atoms with E-state index in [9.17, 15) is 13.6 Å². The molecule has 176 valence electrons. The van der Waals surface area contributed by atoms with Gasteiger partial charge in [0.2, 0.25) is 0 Å². The second-order valence-corrected chi connectivity index (χ2v) is 8.35. The Morgan fingerprint density at radius 1 is 1.12 bits per heavy atom. The fourth-order valence-electron chi connectivity index (χ4n) is 4.45. The third kappa shape index (κ3) is 4.58. The van der Waals surface area contributed by atoms with E-state index < -0.39 is 11.6 Å². The number of nitrogens with zero attached hydrogens (tertiary/aromatic N) is 6. The number of fused-ring (bicyclic) bond motifs is 1. The molecule has 0 radical (unpaired) electrons. The minimum absolute atomic E-state index is 0. The van der Waals surface area contributed by atoms with Crippen LogP contribution in [0.1, 0.15) is 24.4 Å². The van der Waals surface area contributed by atoms with E-state index in [0.29, 0.717) is 48.8 Å². The van der Waals surface area contributed by atoms with Crippen molar-refractivity contribution in [2.75, 3.05) is 50.0 Å². The molecule has 0 spiro atoms. The molecule has 0 saturated carbocycles. The Balaban J connectivity index is 0.00000259. The van der Waals surface area contributed by atoms with Crippen molar-refractivity contribution in [2.24, 2.45) is 0 Å². The molecule has 11 heteroatoms. The van der Waals surface area contributed by atoms with Gasteiger partial charge >= 0.3 is 6.03 Å². The number of urea groups is 1. The molecular formula is C22H26ClF2N7O. The minimum Gasteiger partial charge on any atom is -0.349 e. The third-order valence-electron chi connectivity index (χ3n) is 6.25. The van der Waals surface area contributed by atoms with Gasteiger partial charge in [-0.15, -0.1) is 12.4 Å². The number of benzene rings is 1. The lowest BCUT2D eigenvalue weighted by Crippen LogP contribution is -2.48. The number of carbonyl (C=O) groups excluding carboxylic acids is 1. The predicted molar refractivity (Wildman–Crippen MR) is 124 cm³/mol. The Kier molecular flexibility index (Phi) is 6.66. The summed E-state index contributed by atoms with van der Waals surface area (Å²) < 4.78 is 29.8. The average Bonchev–Trinajstić information content (AvgIpc) is 3.43. The Bertz CT molecular complexity index is 1150. The maximum atomic E-state index is 14.4. The first-order valence-corrected chi connectivity index (χ1v) is 10.8. The molecule has 3 aromatic rings. The Morgan fingerprint density at radius 2 is 1.91 bits per heavy atom. The number of hydrogen-bond acceptors (Lipinski definition) is 5. The topological polar surface area (TPSA) is 69.0 Å². The summed E-state index contributed by atoms with van der Waals surface area (Å²) in [6.45, 7) is 3.67. The van der Waals surface area contributed by atoms with Crippen molar-refractivity contribution in [3.8, 4) is 0 Å². The predicted octanol–water partition coefficient (Wildman–Crippen LogP) is 3.55. The number of aromatic nitrogens is 3. The van der Waals surface area contributed by atoms with Gasteiger partial charge in [0.05, 0.1) is 12.2 Å². The van der Waals surface area contributed by atoms with Crippen molar-refractivity contribution < 1.29 is 13.6 Å². The molecule has 2 fully saturated rings. The van der Waals surface area contributed by atoms with Crippen molar-refractivity contribution >= 4 is 35.6 Å². The van der Waals surface area contributed by atoms with Crippen LogP contribution in [0.3, 0.4) is 0 Å². The van der Waals surface area contributed by atoms with E-state index in [0.717, 1.165) is 25.6 Å². The number of amides is 2. The van der Waals surface area contributed by atoms with Crippen molar-refractivity contribution in [3.05, 3.63) is 53.9 Å². The van der Waals surface area contributed by atoms with Crippen LogP contribution in [0.4, 0.5) is 25.1 Å². The summed E-state index contributed by atoms with van der Waals surface area (Å²) in [5.41, 5.74) is 1.36. The number of halogens is 3. The molecule has 1 unspecified atom stereocenters. The fraction of sp³-hybridized carbons (Fsp3) is 0.409. The van der Waals surface area contributed by atoms with Crippen molar-refractivity contribution in [3.63, 3.8) is 0 Å². The number of piperazine rings is 1. The van der Waals surface area contributed by atoms with Gasteiger partial charge in [0.1, 0.15) is 23.1 Å². The largest absolute Gasteiger partial charge is 0.349 e. The maximum Gasteiger partial charge on any atom is 0.322 e. The summed E-state index contributed by atoms with van der Waals surface area (Å²) in [5.74, 6) is -0.241. The van der Waals surface area contributed by atoms with E-state index in [1.54, 1.807) is 21.8 Å². The first kappa shape index (κ1) is 23.2. The lowest BCUT2D eigenvalue weighted by atomic mass is 10.0. The minimum atomic E-state index is -0.457. The number of rotatable bonds is 3. The molecule has 2 amide bonds. The first-order valence-electron chi connectivity index (χ1n) is 10.8. The van der Waals surface area contributed by atoms with Crippen LogP contribution >= 0.6 is 12.4 Å². The number of nitrogens with one attached hydrogen (secondary N) is 1. The quantitative estimate of drug-likeness (QED) is 0.625. The summed E-state index contributed by atoms with van der Waals surface area (Å²) >= 11 is 0. The molecule has 2 aliphatic rings. The molecule has 33 heavy (non-hydrogen) atoms. The third-order valence-corrected chi connectivity index (χ3v) is 6.25. The van der Waals surface area contributed by atoms with E-state index in [-0.39, 0.29) is 24.5 Å². The number of likely N-dealkylation sites (N-methyl/N-ethyl adjacent to an activating group) is 1. The Morgan fingerprint density at radius 3 is 2.70 bits per heavy atom. The molecule has 1 N–H and O–H groups in total. The maximum absolute atomic E-state index is 14.4. The monoisotopic (exact) mass is 477 g/mol. The van der Waals surface area contributed by atoms with Crippen LogP contribution < -0.4 is 10.2 Å². The van der Waals surface area contributed by atoms with Crippen molar-refractivity contribution in [2.45, 2.75) is 18.9 Å². The van der Waals surface area contributed by atoms with Crippen LogP contribution in [0.25, 0.3) is 5.65 Å². The molecule has 2 aliphatic heterocycles. The van der Waals surface area contributed by atoms with Gasteiger partial charge in [0, 0.05) is 44.5 Å². The van der Waals surface area contributed by atoms with E-state index in [4.69, 9.17) is 4.98 Å². The smallest absolute Gasteiger partial charge is 0.322 e. The number of carbonyl (C=O) groups is 1. The highest BCUT2D eigenvalue weighted by Crippen LogP contribution is 2.37. The van der Waals surface area contributed by atoms with E-state index >= 15 is 0 Å². The van der Waals surface area contributed by atoms with E-state index in [1.165, 1.54) is 12.1 Å². The fourth-order valence-corrected chi connectivity index (χ4v) is 4.45. The molecule has 4 heterocycles. The Hall–Kier alpha value is -2.98. The van der Waals surface area contributed by atoms with Crippen LogP contribution in [-0.2, 0) is 0 Å². The van der Waals surface area contributed by atoms with Gasteiger partial charge in [-0.25, -0.2) is 23.1 Å². The number of anilines is 2. The summed E-state index contributed by atoms with van der Waals surface area (Å²) in [4.78, 5) is 23.4. The first-order chi connectivity index (χ1) is 15.5. The van der Waals surface area contributed by atoms with Crippen molar-refractivity contribution in [1.29, 1.82) is 0 Å². The van der Waals surface area contributed by atoms with Crippen LogP contribution in [-0.4, -0.2) is 70.2 Å². The zero-order valence-electron chi connectivity index (χ0n) is 18.2. The highest BCUT2D eigenvalue weighted by atomic mass is 35.5. The van der Waals surface area contributed by atoms with Crippen LogP contribution in [0, 0.1) is 11.6 Å². The molecule has 2 aromatic heterocycles. The summed E-state index contributed by atoms with van der Waals surface area (Å²) in [6.07, 6.45) is 4.90. The van der Waals surface area contributed by atoms with Gasteiger partial charge < -0.3 is 20.0 Å². The molecule has 1 aromatic carbocycles. The van der Waals surface area contributed by atoms with Crippen LogP contribution in [0.15, 0.2) is 36.7 Å². The normalized spacial score (nSPS) is 19.1. The van der Waals surface area contributed by atoms with E-state index in [2.05, 4.69) is 15.3 Å². The lowest BCUT2D eigenvalue weighted by Gasteiger charge is -2.32. The van der Waals surface area contributed by atoms with Gasteiger partial charge in [-0.2, -0.15) is 5.10 Å². The second kappa shape index (κ2) is 9.48. The molecular weight excluding hydrogens is 452 g/mol. The Labute approximate surface area is 196 Å². The average molecular weight is 478 g/mol. The van der Waals surface area contributed by atoms with Gasteiger partial charge in [-0.05, 0) is 44.2 Å². The standard InChI is InChI=1S/C22H25F2N7O.ClH/c1-28-9-11-29(12-10-28)22(32)26-18-14-25-31-8-6-20(27-21(18)31)30-7-2-3-19(30)16-13-15(23)4-5-17(16)24;/h4-6,8,13-14,19H,2-3,7,9-12H2,1H3,(H,26,32);1H. The second-order valence-electron chi connectivity index (χ2n) is 8.35. The van der Waals surface area contributed by atoms with Crippen molar-refractivity contribution in [1.82, 2.24) is 24.4 Å². The van der Waals surface area contributed by atoms with Gasteiger partial charge in [0.15, 0.2) is 5.65 Å². The van der Waals surface area contributed by atoms with Crippen LogP contribution in [0.2, 0.25) is 0 Å². The van der Waals surface area contributed by atoms with Crippen LogP contribution in [0.5, 0.6) is 0 Å². The summed E-state index contributed by atoms with van der Waals surface area (Å²) in [5, 5.41) is 7.21. The molecule has 1 atom stereocenters. The summed E-state index contributed by atoms with van der Waals surface area (Å²) in [7, 11) is 2.03. The zero-order chi connectivity index (χ0) is 22.2. The van der Waals surface area contributed by atoms with Gasteiger partial charge in [0.25, 0.3) is 0 Å². The highest BCUT2D eigenvalue weighted by molar-refractivity contribution is 5.93. The highest BCUT2D eigenvalue weighted by Gasteiger charge is 2.30. The SMILES string of the molecule is CN1CCN(C(=O)Nc2cnn3ccc(N4CCCC4c4cc(F)ccc4F)nc23)CC1.Cl.